The van der Waals surface area contributed by atoms with Crippen LogP contribution in [0, 0.1) is 26.6 Å². The number of hydrogen-bond donors (Lipinski definition) is 1. The molecule has 0 atom stereocenters. The van der Waals surface area contributed by atoms with Crippen molar-refractivity contribution in [2.24, 2.45) is 0 Å². The Morgan fingerprint density at radius 3 is 2.31 bits per heavy atom. The van der Waals surface area contributed by atoms with Gasteiger partial charge < -0.3 is 5.11 Å². The van der Waals surface area contributed by atoms with Gasteiger partial charge in [0.05, 0.1) is 5.56 Å². The maximum absolute atomic E-state index is 13.3. The molecule has 0 heterocycles. The second-order valence-electron chi connectivity index (χ2n) is 3.13. The number of aryl methyl sites for hydroxylation is 2. The van der Waals surface area contributed by atoms with E-state index < -0.39 is 11.8 Å². The van der Waals surface area contributed by atoms with Crippen LogP contribution in [0.25, 0.3) is 0 Å². The molecule has 2 nitrogen and oxygen atoms in total. The molecule has 0 amide bonds. The fourth-order valence-corrected chi connectivity index (χ4v) is 1.49. The monoisotopic (exact) mass is 182 g/mol. The average Bonchev–Trinajstić information content (AvgIpc) is 1.99. The average molecular weight is 182 g/mol. The van der Waals surface area contributed by atoms with Crippen LogP contribution in [0.5, 0.6) is 0 Å². The number of carbonyl (C=O) groups is 1. The van der Waals surface area contributed by atoms with Gasteiger partial charge in [0, 0.05) is 0 Å². The van der Waals surface area contributed by atoms with Gasteiger partial charge in [-0.15, -0.1) is 0 Å². The third-order valence-corrected chi connectivity index (χ3v) is 2.09. The summed E-state index contributed by atoms with van der Waals surface area (Å²) in [4.78, 5) is 10.7. The van der Waals surface area contributed by atoms with Gasteiger partial charge in [-0.3, -0.25) is 0 Å². The third-order valence-electron chi connectivity index (χ3n) is 2.09. The number of hydrogen-bond acceptors (Lipinski definition) is 1. The van der Waals surface area contributed by atoms with Crippen molar-refractivity contribution in [3.63, 3.8) is 0 Å². The van der Waals surface area contributed by atoms with Gasteiger partial charge in [0.2, 0.25) is 0 Å². The van der Waals surface area contributed by atoms with Crippen LogP contribution in [0.2, 0.25) is 0 Å². The molecule has 0 bridgehead atoms. The van der Waals surface area contributed by atoms with Gasteiger partial charge in [0.15, 0.2) is 0 Å². The molecule has 0 aliphatic rings. The smallest absolute Gasteiger partial charge is 0.336 e. The fraction of sp³-hybridized carbons (Fsp3) is 0.300. The first-order valence-corrected chi connectivity index (χ1v) is 3.94. The molecular weight excluding hydrogens is 171 g/mol. The van der Waals surface area contributed by atoms with Crippen molar-refractivity contribution in [2.45, 2.75) is 20.8 Å². The zero-order valence-corrected chi connectivity index (χ0v) is 7.81. The summed E-state index contributed by atoms with van der Waals surface area (Å²) in [7, 11) is 0. The van der Waals surface area contributed by atoms with Crippen LogP contribution in [-0.4, -0.2) is 11.1 Å². The van der Waals surface area contributed by atoms with Crippen LogP contribution in [-0.2, 0) is 0 Å². The number of rotatable bonds is 1. The van der Waals surface area contributed by atoms with Gasteiger partial charge in [-0.05, 0) is 37.5 Å². The first-order chi connectivity index (χ1) is 5.95. The van der Waals surface area contributed by atoms with Crippen molar-refractivity contribution in [3.05, 3.63) is 34.1 Å². The highest BCUT2D eigenvalue weighted by Crippen LogP contribution is 2.20. The highest BCUT2D eigenvalue weighted by molar-refractivity contribution is 5.91. The van der Waals surface area contributed by atoms with Gasteiger partial charge >= 0.3 is 5.97 Å². The van der Waals surface area contributed by atoms with Crippen LogP contribution >= 0.6 is 0 Å². The van der Waals surface area contributed by atoms with E-state index in [2.05, 4.69) is 0 Å². The Labute approximate surface area is 76.0 Å². The zero-order valence-electron chi connectivity index (χ0n) is 7.81. The maximum atomic E-state index is 13.3. The minimum absolute atomic E-state index is 0.0723. The Kier molecular flexibility index (Phi) is 2.36. The number of benzene rings is 1. The quantitative estimate of drug-likeness (QED) is 0.724. The van der Waals surface area contributed by atoms with Crippen LogP contribution in [0.15, 0.2) is 6.07 Å². The summed E-state index contributed by atoms with van der Waals surface area (Å²) < 4.78 is 13.3. The zero-order chi connectivity index (χ0) is 10.2. The summed E-state index contributed by atoms with van der Waals surface area (Å²) in [5.41, 5.74) is 1.37. The molecule has 0 spiro atoms. The molecule has 70 valence electrons. The lowest BCUT2D eigenvalue weighted by Gasteiger charge is -2.08. The molecule has 13 heavy (non-hydrogen) atoms. The van der Waals surface area contributed by atoms with Crippen molar-refractivity contribution >= 4 is 5.97 Å². The molecule has 1 N–H and O–H groups in total. The third kappa shape index (κ3) is 1.54. The van der Waals surface area contributed by atoms with Gasteiger partial charge in [0.25, 0.3) is 0 Å². The summed E-state index contributed by atoms with van der Waals surface area (Å²) >= 11 is 0. The first kappa shape index (κ1) is 9.71. The predicted molar refractivity (Wildman–Crippen MR) is 47.6 cm³/mol. The molecule has 1 aromatic carbocycles. The molecule has 1 aromatic rings. The molecule has 3 heteroatoms. The lowest BCUT2D eigenvalue weighted by molar-refractivity contribution is 0.0694. The molecule has 0 saturated carbocycles. The summed E-state index contributed by atoms with van der Waals surface area (Å²) in [5, 5.41) is 8.80. The van der Waals surface area contributed by atoms with E-state index in [-0.39, 0.29) is 11.1 Å². The number of aromatic carboxylic acids is 1. The topological polar surface area (TPSA) is 37.3 Å². The van der Waals surface area contributed by atoms with Crippen LogP contribution in [0.1, 0.15) is 27.0 Å². The Bertz CT molecular complexity index is 370. The van der Waals surface area contributed by atoms with Crippen molar-refractivity contribution < 1.29 is 14.3 Å². The van der Waals surface area contributed by atoms with E-state index in [1.165, 1.54) is 6.92 Å². The minimum atomic E-state index is -1.08. The molecule has 0 unspecified atom stereocenters. The van der Waals surface area contributed by atoms with E-state index in [1.54, 1.807) is 19.9 Å². The van der Waals surface area contributed by atoms with Crippen LogP contribution < -0.4 is 0 Å². The summed E-state index contributed by atoms with van der Waals surface area (Å²) in [6.07, 6.45) is 0. The summed E-state index contributed by atoms with van der Waals surface area (Å²) in [6.45, 7) is 4.78. The van der Waals surface area contributed by atoms with Crippen molar-refractivity contribution in [2.75, 3.05) is 0 Å². The SMILES string of the molecule is Cc1cc(C)c(C(=O)O)c(C)c1F. The summed E-state index contributed by atoms with van der Waals surface area (Å²) in [5.74, 6) is -1.50. The predicted octanol–water partition coefficient (Wildman–Crippen LogP) is 2.45. The molecule has 0 aliphatic heterocycles. The van der Waals surface area contributed by atoms with E-state index in [0.29, 0.717) is 11.1 Å². The van der Waals surface area contributed by atoms with Crippen molar-refractivity contribution in [3.8, 4) is 0 Å². The van der Waals surface area contributed by atoms with E-state index in [1.807, 2.05) is 0 Å². The van der Waals surface area contributed by atoms with Crippen LogP contribution in [0.3, 0.4) is 0 Å². The molecule has 0 saturated heterocycles. The van der Waals surface area contributed by atoms with E-state index in [0.717, 1.165) is 0 Å². The largest absolute Gasteiger partial charge is 0.478 e. The van der Waals surface area contributed by atoms with Gasteiger partial charge in [-0.2, -0.15) is 0 Å². The Balaban J connectivity index is 3.53. The van der Waals surface area contributed by atoms with Gasteiger partial charge in [-0.25, -0.2) is 9.18 Å². The number of carboxylic acids is 1. The Morgan fingerprint density at radius 1 is 1.31 bits per heavy atom. The second-order valence-corrected chi connectivity index (χ2v) is 3.13. The maximum Gasteiger partial charge on any atom is 0.336 e. The lowest BCUT2D eigenvalue weighted by atomic mass is 9.99. The number of halogens is 1. The molecule has 0 aromatic heterocycles. The van der Waals surface area contributed by atoms with Gasteiger partial charge in [-0.1, -0.05) is 6.07 Å². The summed E-state index contributed by atoms with van der Waals surface area (Å²) in [6, 6.07) is 1.55. The Hall–Kier alpha value is -1.38. The van der Waals surface area contributed by atoms with Gasteiger partial charge in [0.1, 0.15) is 5.82 Å². The van der Waals surface area contributed by atoms with Crippen molar-refractivity contribution in [1.82, 2.24) is 0 Å². The number of carboxylic acid groups (broad SMARTS) is 1. The van der Waals surface area contributed by atoms with E-state index >= 15 is 0 Å². The van der Waals surface area contributed by atoms with Crippen molar-refractivity contribution in [1.29, 1.82) is 0 Å². The minimum Gasteiger partial charge on any atom is -0.478 e. The highest BCUT2D eigenvalue weighted by atomic mass is 19.1. The molecule has 0 fully saturated rings. The second kappa shape index (κ2) is 3.17. The molecule has 0 radical (unpaired) electrons. The molecule has 0 aliphatic carbocycles. The normalized spacial score (nSPS) is 10.2. The molecular formula is C10H11FO2. The standard InChI is InChI=1S/C10H11FO2/c1-5-4-6(2)9(11)7(3)8(5)10(12)13/h4H,1-3H3,(H,12,13). The Morgan fingerprint density at radius 2 is 1.85 bits per heavy atom. The molecule has 1 rings (SSSR count). The lowest BCUT2D eigenvalue weighted by Crippen LogP contribution is -2.06. The van der Waals surface area contributed by atoms with E-state index in [4.69, 9.17) is 5.11 Å². The highest BCUT2D eigenvalue weighted by Gasteiger charge is 2.15. The van der Waals surface area contributed by atoms with Crippen LogP contribution in [0.4, 0.5) is 4.39 Å². The van der Waals surface area contributed by atoms with E-state index in [9.17, 15) is 9.18 Å². The fourth-order valence-electron chi connectivity index (χ4n) is 1.49. The first-order valence-electron chi connectivity index (χ1n) is 3.94.